The molecule has 0 saturated carbocycles. The molecule has 0 aliphatic heterocycles. The predicted molar refractivity (Wildman–Crippen MR) is 76.7 cm³/mol. The quantitative estimate of drug-likeness (QED) is 0.705. The number of nitrogens with zero attached hydrogens (tertiary/aromatic N) is 1. The second-order valence-corrected chi connectivity index (χ2v) is 4.86. The van der Waals surface area contributed by atoms with E-state index in [4.69, 9.17) is 4.42 Å². The number of hydrogen-bond donors (Lipinski definition) is 2. The number of H-pyrrole nitrogens is 1. The highest BCUT2D eigenvalue weighted by atomic mass is 79.9. The Bertz CT molecular complexity index is 836. The van der Waals surface area contributed by atoms with Gasteiger partial charge in [0.15, 0.2) is 5.58 Å². The molecule has 0 aliphatic rings. The zero-order valence-electron chi connectivity index (χ0n) is 10.0. The fourth-order valence-corrected chi connectivity index (χ4v) is 1.98. The largest absolute Gasteiger partial charge is 0.417 e. The van der Waals surface area contributed by atoms with Crippen molar-refractivity contribution in [2.24, 2.45) is 0 Å². The smallest absolute Gasteiger partial charge is 0.408 e. The molecule has 3 aromatic rings. The van der Waals surface area contributed by atoms with Crippen molar-refractivity contribution in [2.45, 2.75) is 0 Å². The summed E-state index contributed by atoms with van der Waals surface area (Å²) in [6.45, 7) is 0. The molecular formula is C13H8BrN3O3. The first-order chi connectivity index (χ1) is 9.61. The van der Waals surface area contributed by atoms with Crippen LogP contribution in [0.4, 0.5) is 5.69 Å². The van der Waals surface area contributed by atoms with Gasteiger partial charge in [0.2, 0.25) is 0 Å². The molecular weight excluding hydrogens is 326 g/mol. The molecule has 0 fully saturated rings. The normalized spacial score (nSPS) is 10.7. The summed E-state index contributed by atoms with van der Waals surface area (Å²) in [6.07, 6.45) is 1.47. The Morgan fingerprint density at radius 1 is 1.30 bits per heavy atom. The molecule has 0 saturated heterocycles. The zero-order chi connectivity index (χ0) is 14.1. The molecule has 0 radical (unpaired) electrons. The molecule has 6 nitrogen and oxygen atoms in total. The lowest BCUT2D eigenvalue weighted by molar-refractivity contribution is 0.102. The van der Waals surface area contributed by atoms with E-state index >= 15 is 0 Å². The zero-order valence-corrected chi connectivity index (χ0v) is 11.6. The fourth-order valence-electron chi connectivity index (χ4n) is 1.74. The van der Waals surface area contributed by atoms with Crippen molar-refractivity contribution in [3.8, 4) is 0 Å². The van der Waals surface area contributed by atoms with Gasteiger partial charge in [-0.2, -0.15) is 0 Å². The number of fused-ring (bicyclic) bond motifs is 1. The minimum atomic E-state index is -0.527. The predicted octanol–water partition coefficient (Wildman–Crippen LogP) is 2.53. The molecule has 0 atom stereocenters. The van der Waals surface area contributed by atoms with Crippen molar-refractivity contribution < 1.29 is 9.21 Å². The third-order valence-electron chi connectivity index (χ3n) is 2.67. The van der Waals surface area contributed by atoms with Gasteiger partial charge in [-0.05, 0) is 46.3 Å². The summed E-state index contributed by atoms with van der Waals surface area (Å²) in [4.78, 5) is 29.6. The van der Waals surface area contributed by atoms with Crippen LogP contribution >= 0.6 is 15.9 Å². The first-order valence-electron chi connectivity index (χ1n) is 5.67. The van der Waals surface area contributed by atoms with Crippen molar-refractivity contribution in [1.29, 1.82) is 0 Å². The number of pyridine rings is 1. The number of oxazole rings is 1. The van der Waals surface area contributed by atoms with Crippen molar-refractivity contribution in [2.75, 3.05) is 5.32 Å². The van der Waals surface area contributed by atoms with E-state index in [0.717, 1.165) is 0 Å². The highest BCUT2D eigenvalue weighted by Crippen LogP contribution is 2.17. The fraction of sp³-hybridized carbons (Fsp3) is 0. The van der Waals surface area contributed by atoms with Crippen LogP contribution in [-0.2, 0) is 0 Å². The number of hydrogen-bond acceptors (Lipinski definition) is 4. The van der Waals surface area contributed by atoms with Crippen LogP contribution in [0.3, 0.4) is 0 Å². The Balaban J connectivity index is 1.86. The van der Waals surface area contributed by atoms with E-state index in [2.05, 4.69) is 31.2 Å². The average molecular weight is 334 g/mol. The Morgan fingerprint density at radius 3 is 2.90 bits per heavy atom. The van der Waals surface area contributed by atoms with Crippen LogP contribution in [0.1, 0.15) is 10.4 Å². The molecule has 7 heteroatoms. The van der Waals surface area contributed by atoms with Crippen LogP contribution in [-0.4, -0.2) is 15.9 Å². The summed E-state index contributed by atoms with van der Waals surface area (Å²) in [7, 11) is 0. The van der Waals surface area contributed by atoms with E-state index in [1.165, 1.54) is 6.20 Å². The van der Waals surface area contributed by atoms with Crippen LogP contribution in [0.2, 0.25) is 0 Å². The van der Waals surface area contributed by atoms with Gasteiger partial charge in [-0.1, -0.05) is 0 Å². The summed E-state index contributed by atoms with van der Waals surface area (Å²) in [6, 6.07) is 8.24. The van der Waals surface area contributed by atoms with E-state index in [1.54, 1.807) is 30.3 Å². The number of amides is 1. The minimum Gasteiger partial charge on any atom is -0.408 e. The van der Waals surface area contributed by atoms with Gasteiger partial charge in [0.1, 0.15) is 4.60 Å². The van der Waals surface area contributed by atoms with Gasteiger partial charge in [-0.15, -0.1) is 0 Å². The summed E-state index contributed by atoms with van der Waals surface area (Å²) >= 11 is 3.20. The number of anilines is 1. The second kappa shape index (κ2) is 4.93. The third-order valence-corrected chi connectivity index (χ3v) is 3.14. The molecule has 2 heterocycles. The number of benzene rings is 1. The van der Waals surface area contributed by atoms with Crippen molar-refractivity contribution in [1.82, 2.24) is 9.97 Å². The number of carbonyl (C=O) groups is 1. The van der Waals surface area contributed by atoms with Gasteiger partial charge < -0.3 is 9.73 Å². The third kappa shape index (κ3) is 2.48. The lowest BCUT2D eigenvalue weighted by Crippen LogP contribution is -2.12. The SMILES string of the molecule is O=C(Nc1ccc2oc(=O)[nH]c2c1)c1ccc(Br)nc1. The molecule has 2 aromatic heterocycles. The Labute approximate surface area is 121 Å². The lowest BCUT2D eigenvalue weighted by atomic mass is 10.2. The van der Waals surface area contributed by atoms with Crippen LogP contribution in [0.25, 0.3) is 11.1 Å². The maximum atomic E-state index is 12.0. The Hall–Kier alpha value is -2.41. The summed E-state index contributed by atoms with van der Waals surface area (Å²) in [5, 5.41) is 2.72. The molecule has 0 aliphatic carbocycles. The number of aromatic amines is 1. The van der Waals surface area contributed by atoms with Gasteiger partial charge >= 0.3 is 5.76 Å². The van der Waals surface area contributed by atoms with Crippen LogP contribution in [0.5, 0.6) is 0 Å². The highest BCUT2D eigenvalue weighted by Gasteiger charge is 2.08. The van der Waals surface area contributed by atoms with Crippen molar-refractivity contribution in [3.05, 3.63) is 57.2 Å². The van der Waals surface area contributed by atoms with Crippen LogP contribution in [0.15, 0.2) is 50.3 Å². The molecule has 0 unspecified atom stereocenters. The topological polar surface area (TPSA) is 88.0 Å². The van der Waals surface area contributed by atoms with E-state index in [9.17, 15) is 9.59 Å². The maximum absolute atomic E-state index is 12.0. The highest BCUT2D eigenvalue weighted by molar-refractivity contribution is 9.10. The molecule has 0 spiro atoms. The van der Waals surface area contributed by atoms with Gasteiger partial charge in [0, 0.05) is 11.9 Å². The van der Waals surface area contributed by atoms with Crippen molar-refractivity contribution >= 4 is 38.6 Å². The molecule has 1 aromatic carbocycles. The van der Waals surface area contributed by atoms with Gasteiger partial charge in [0.05, 0.1) is 11.1 Å². The molecule has 1 amide bonds. The minimum absolute atomic E-state index is 0.282. The lowest BCUT2D eigenvalue weighted by Gasteiger charge is -2.04. The van der Waals surface area contributed by atoms with Crippen LogP contribution < -0.4 is 11.1 Å². The molecule has 3 rings (SSSR count). The van der Waals surface area contributed by atoms with Gasteiger partial charge in [0.25, 0.3) is 5.91 Å². The first-order valence-corrected chi connectivity index (χ1v) is 6.47. The Kier molecular flexibility index (Phi) is 3.11. The van der Waals surface area contributed by atoms with E-state index in [-0.39, 0.29) is 5.91 Å². The summed E-state index contributed by atoms with van der Waals surface area (Å²) in [5.74, 6) is -0.809. The van der Waals surface area contributed by atoms with Crippen LogP contribution in [0, 0.1) is 0 Å². The summed E-state index contributed by atoms with van der Waals surface area (Å²) < 4.78 is 5.55. The average Bonchev–Trinajstić information content (AvgIpc) is 2.78. The summed E-state index contributed by atoms with van der Waals surface area (Å²) in [5.41, 5.74) is 1.97. The van der Waals surface area contributed by atoms with Gasteiger partial charge in [-0.25, -0.2) is 9.78 Å². The molecule has 2 N–H and O–H groups in total. The van der Waals surface area contributed by atoms with Gasteiger partial charge in [-0.3, -0.25) is 9.78 Å². The molecule has 100 valence electrons. The number of rotatable bonds is 2. The molecule has 20 heavy (non-hydrogen) atoms. The standard InChI is InChI=1S/C13H8BrN3O3/c14-11-4-1-7(6-15-11)12(18)16-8-2-3-10-9(5-8)17-13(19)20-10/h1-6H,(H,16,18)(H,17,19). The number of nitrogens with one attached hydrogen (secondary N) is 2. The Morgan fingerprint density at radius 2 is 2.15 bits per heavy atom. The monoisotopic (exact) mass is 333 g/mol. The van der Waals surface area contributed by atoms with E-state index in [0.29, 0.717) is 27.0 Å². The number of aromatic nitrogens is 2. The number of halogens is 1. The van der Waals surface area contributed by atoms with E-state index in [1.807, 2.05) is 0 Å². The van der Waals surface area contributed by atoms with E-state index < -0.39 is 5.76 Å². The maximum Gasteiger partial charge on any atom is 0.417 e. The second-order valence-electron chi connectivity index (χ2n) is 4.05. The molecule has 0 bridgehead atoms. The number of carbonyl (C=O) groups excluding carboxylic acids is 1. The first kappa shape index (κ1) is 12.6. The van der Waals surface area contributed by atoms with Crippen molar-refractivity contribution in [3.63, 3.8) is 0 Å².